The van der Waals surface area contributed by atoms with Gasteiger partial charge in [0.05, 0.1) is 4.92 Å². The Balaban J connectivity index is 2.06. The molecule has 0 unspecified atom stereocenters. The Morgan fingerprint density at radius 2 is 1.79 bits per heavy atom. The van der Waals surface area contributed by atoms with Gasteiger partial charge in [0.25, 0.3) is 5.69 Å². The zero-order valence-corrected chi connectivity index (χ0v) is 10.3. The normalized spacial score (nSPS) is 10.7. The first kappa shape index (κ1) is 11.5. The number of rotatable bonds is 2. The van der Waals surface area contributed by atoms with E-state index in [1.165, 1.54) is 17.6 Å². The van der Waals surface area contributed by atoms with E-state index in [4.69, 9.17) is 4.42 Å². The van der Waals surface area contributed by atoms with E-state index in [9.17, 15) is 10.1 Å². The van der Waals surface area contributed by atoms with Gasteiger partial charge in [0, 0.05) is 23.1 Å². The Hall–Kier alpha value is -2.56. The number of non-ortho nitro benzene ring substituents is 1. The number of furan rings is 1. The molecule has 0 aliphatic carbocycles. The molecule has 5 heteroatoms. The lowest BCUT2D eigenvalue weighted by molar-refractivity contribution is -0.384. The van der Waals surface area contributed by atoms with Crippen LogP contribution in [0.5, 0.6) is 0 Å². The lowest BCUT2D eigenvalue weighted by atomic mass is 9.95. The predicted molar refractivity (Wildman–Crippen MR) is 76.5 cm³/mol. The monoisotopic (exact) mass is 251 g/mol. The Labute approximate surface area is 110 Å². The highest BCUT2D eigenvalue weighted by atomic mass is 16.6. The molecule has 0 radical (unpaired) electrons. The molecule has 0 amide bonds. The van der Waals surface area contributed by atoms with Crippen LogP contribution >= 0.6 is 0 Å². The summed E-state index contributed by atoms with van der Waals surface area (Å²) in [6, 6.07) is 14.3. The Bertz CT molecular complexity index is 762. The zero-order valence-electron chi connectivity index (χ0n) is 10.3. The number of nitro groups is 1. The zero-order chi connectivity index (χ0) is 13.4. The SMILES string of the molecule is Bc1ccc2oc(-c3ccc([N+](=O)[O-])cc3)cc2c1. The van der Waals surface area contributed by atoms with Crippen LogP contribution in [0.25, 0.3) is 22.3 Å². The van der Waals surface area contributed by atoms with Crippen molar-refractivity contribution in [1.82, 2.24) is 0 Å². The number of nitrogens with zero attached hydrogens (tertiary/aromatic N) is 1. The molecule has 1 heterocycles. The summed E-state index contributed by atoms with van der Waals surface area (Å²) in [6.45, 7) is 0. The largest absolute Gasteiger partial charge is 0.456 e. The summed E-state index contributed by atoms with van der Waals surface area (Å²) in [5.74, 6) is 0.718. The van der Waals surface area contributed by atoms with Crippen molar-refractivity contribution in [3.8, 4) is 11.3 Å². The van der Waals surface area contributed by atoms with Gasteiger partial charge in [0.15, 0.2) is 0 Å². The van der Waals surface area contributed by atoms with Gasteiger partial charge < -0.3 is 4.42 Å². The first-order valence-electron chi connectivity index (χ1n) is 5.88. The van der Waals surface area contributed by atoms with Gasteiger partial charge in [-0.3, -0.25) is 10.1 Å². The highest BCUT2D eigenvalue weighted by Crippen LogP contribution is 2.28. The first-order valence-corrected chi connectivity index (χ1v) is 5.88. The van der Waals surface area contributed by atoms with Gasteiger partial charge in [-0.25, -0.2) is 0 Å². The molecule has 0 aliphatic rings. The van der Waals surface area contributed by atoms with Gasteiger partial charge in [0.1, 0.15) is 19.2 Å². The second-order valence-corrected chi connectivity index (χ2v) is 4.46. The second-order valence-electron chi connectivity index (χ2n) is 4.46. The summed E-state index contributed by atoms with van der Waals surface area (Å²) in [7, 11) is 2.03. The number of hydrogen-bond acceptors (Lipinski definition) is 3. The molecule has 0 saturated carbocycles. The van der Waals surface area contributed by atoms with Crippen LogP contribution < -0.4 is 5.46 Å². The smallest absolute Gasteiger partial charge is 0.269 e. The van der Waals surface area contributed by atoms with Crippen molar-refractivity contribution in [2.24, 2.45) is 0 Å². The average molecular weight is 251 g/mol. The third kappa shape index (κ3) is 2.10. The molecule has 3 rings (SSSR count). The minimum absolute atomic E-state index is 0.0794. The van der Waals surface area contributed by atoms with Crippen molar-refractivity contribution in [3.63, 3.8) is 0 Å². The van der Waals surface area contributed by atoms with Crippen molar-refractivity contribution >= 4 is 30.0 Å². The maximum atomic E-state index is 10.6. The molecule has 0 atom stereocenters. The number of fused-ring (bicyclic) bond motifs is 1. The first-order chi connectivity index (χ1) is 9.13. The van der Waals surface area contributed by atoms with Crippen molar-refractivity contribution < 1.29 is 9.34 Å². The van der Waals surface area contributed by atoms with Gasteiger partial charge in [-0.05, 0) is 24.3 Å². The van der Waals surface area contributed by atoms with Gasteiger partial charge in [-0.2, -0.15) is 0 Å². The van der Waals surface area contributed by atoms with E-state index in [0.717, 1.165) is 22.3 Å². The van der Waals surface area contributed by atoms with Gasteiger partial charge in [-0.1, -0.05) is 17.6 Å². The van der Waals surface area contributed by atoms with Crippen LogP contribution in [0, 0.1) is 10.1 Å². The van der Waals surface area contributed by atoms with Crippen LogP contribution in [0.3, 0.4) is 0 Å². The predicted octanol–water partition coefficient (Wildman–Crippen LogP) is 2.27. The molecule has 0 saturated heterocycles. The lowest BCUT2D eigenvalue weighted by Crippen LogP contribution is -1.98. The Morgan fingerprint density at radius 1 is 1.05 bits per heavy atom. The van der Waals surface area contributed by atoms with Crippen LogP contribution in [0.4, 0.5) is 5.69 Å². The van der Waals surface area contributed by atoms with E-state index in [2.05, 4.69) is 0 Å². The van der Waals surface area contributed by atoms with Crippen molar-refractivity contribution in [3.05, 3.63) is 58.6 Å². The minimum Gasteiger partial charge on any atom is -0.456 e. The molecule has 0 bridgehead atoms. The fourth-order valence-electron chi connectivity index (χ4n) is 2.05. The highest BCUT2D eigenvalue weighted by Gasteiger charge is 2.09. The molecule has 0 N–H and O–H groups in total. The molecule has 2 aromatic carbocycles. The standard InChI is InChI=1S/C14H10BNO3/c15-11-3-6-13-10(7-11)8-14(19-13)9-1-4-12(5-2-9)16(17)18/h1-8H,15H2. The molecule has 1 aromatic heterocycles. The summed E-state index contributed by atoms with van der Waals surface area (Å²) in [5, 5.41) is 11.6. The van der Waals surface area contributed by atoms with Gasteiger partial charge >= 0.3 is 0 Å². The summed E-state index contributed by atoms with van der Waals surface area (Å²) in [4.78, 5) is 10.2. The molecule has 92 valence electrons. The second kappa shape index (κ2) is 4.28. The molecule has 0 aliphatic heterocycles. The number of hydrogen-bond donors (Lipinski definition) is 0. The number of benzene rings is 2. The van der Waals surface area contributed by atoms with E-state index in [-0.39, 0.29) is 5.69 Å². The summed E-state index contributed by atoms with van der Waals surface area (Å²) < 4.78 is 5.74. The quantitative estimate of drug-likeness (QED) is 0.398. The van der Waals surface area contributed by atoms with Crippen LogP contribution in [0.1, 0.15) is 0 Å². The molecular formula is C14H10BNO3. The van der Waals surface area contributed by atoms with Crippen LogP contribution in [-0.4, -0.2) is 12.8 Å². The number of nitro benzene ring substituents is 1. The van der Waals surface area contributed by atoms with E-state index in [0.29, 0.717) is 0 Å². The van der Waals surface area contributed by atoms with Crippen molar-refractivity contribution in [1.29, 1.82) is 0 Å². The minimum atomic E-state index is -0.411. The molecule has 4 nitrogen and oxygen atoms in total. The maximum absolute atomic E-state index is 10.6. The lowest BCUT2D eigenvalue weighted by Gasteiger charge is -1.95. The molecule has 0 spiro atoms. The van der Waals surface area contributed by atoms with Crippen molar-refractivity contribution in [2.45, 2.75) is 0 Å². The van der Waals surface area contributed by atoms with Gasteiger partial charge in [0.2, 0.25) is 0 Å². The molecular weight excluding hydrogens is 241 g/mol. The Morgan fingerprint density at radius 3 is 2.47 bits per heavy atom. The Kier molecular flexibility index (Phi) is 2.60. The fourth-order valence-corrected chi connectivity index (χ4v) is 2.05. The maximum Gasteiger partial charge on any atom is 0.269 e. The third-order valence-corrected chi connectivity index (χ3v) is 3.03. The molecule has 3 aromatic rings. The third-order valence-electron chi connectivity index (χ3n) is 3.03. The van der Waals surface area contributed by atoms with Crippen LogP contribution in [0.15, 0.2) is 52.9 Å². The summed E-state index contributed by atoms with van der Waals surface area (Å²) >= 11 is 0. The summed E-state index contributed by atoms with van der Waals surface area (Å²) in [6.07, 6.45) is 0. The van der Waals surface area contributed by atoms with E-state index >= 15 is 0 Å². The molecule has 0 fully saturated rings. The van der Waals surface area contributed by atoms with E-state index in [1.54, 1.807) is 12.1 Å². The molecule has 19 heavy (non-hydrogen) atoms. The summed E-state index contributed by atoms with van der Waals surface area (Å²) in [5.41, 5.74) is 2.90. The van der Waals surface area contributed by atoms with Crippen molar-refractivity contribution in [2.75, 3.05) is 0 Å². The fraction of sp³-hybridized carbons (Fsp3) is 0. The topological polar surface area (TPSA) is 56.3 Å². The van der Waals surface area contributed by atoms with Gasteiger partial charge in [-0.15, -0.1) is 0 Å². The van der Waals surface area contributed by atoms with E-state index in [1.807, 2.05) is 32.1 Å². The highest BCUT2D eigenvalue weighted by molar-refractivity contribution is 6.33. The van der Waals surface area contributed by atoms with E-state index < -0.39 is 4.92 Å². The van der Waals surface area contributed by atoms with Crippen LogP contribution in [-0.2, 0) is 0 Å². The van der Waals surface area contributed by atoms with Crippen LogP contribution in [0.2, 0.25) is 0 Å². The average Bonchev–Trinajstić information content (AvgIpc) is 2.81.